The first kappa shape index (κ1) is 14.1. The van der Waals surface area contributed by atoms with Crippen molar-refractivity contribution in [3.05, 3.63) is 12.0 Å². The largest absolute Gasteiger partial charge is 0.401 e. The summed E-state index contributed by atoms with van der Waals surface area (Å²) in [5.74, 6) is 0.533. The molecule has 1 aliphatic carbocycles. The van der Waals surface area contributed by atoms with Gasteiger partial charge in [-0.15, -0.1) is 0 Å². The molecule has 114 valence electrons. The highest BCUT2D eigenvalue weighted by Gasteiger charge is 2.38. The highest BCUT2D eigenvalue weighted by atomic mass is 19.4. The first-order chi connectivity index (χ1) is 9.83. The summed E-state index contributed by atoms with van der Waals surface area (Å²) >= 11 is 0. The van der Waals surface area contributed by atoms with Crippen molar-refractivity contribution < 1.29 is 13.2 Å². The minimum Gasteiger partial charge on any atom is -0.383 e. The second-order valence-corrected chi connectivity index (χ2v) is 5.28. The van der Waals surface area contributed by atoms with E-state index in [1.54, 1.807) is 13.2 Å². The molecule has 2 N–H and O–H groups in total. The zero-order chi connectivity index (χ0) is 15.2. The van der Waals surface area contributed by atoms with Crippen molar-refractivity contribution >= 4 is 16.9 Å². The van der Waals surface area contributed by atoms with Crippen molar-refractivity contribution in [2.45, 2.75) is 31.6 Å². The lowest BCUT2D eigenvalue weighted by atomic mass is 10.3. The van der Waals surface area contributed by atoms with Gasteiger partial charge in [0.15, 0.2) is 5.65 Å². The van der Waals surface area contributed by atoms with Crippen LogP contribution in [0.1, 0.15) is 18.7 Å². The van der Waals surface area contributed by atoms with Crippen molar-refractivity contribution in [2.24, 2.45) is 7.05 Å². The summed E-state index contributed by atoms with van der Waals surface area (Å²) in [7, 11) is 1.70. The fourth-order valence-electron chi connectivity index (χ4n) is 2.33. The van der Waals surface area contributed by atoms with Crippen LogP contribution in [0.2, 0.25) is 0 Å². The number of alkyl halides is 3. The lowest BCUT2D eigenvalue weighted by molar-refractivity contribution is -0.148. The van der Waals surface area contributed by atoms with Crippen molar-refractivity contribution in [3.63, 3.8) is 0 Å². The number of nitrogen functional groups attached to an aromatic ring is 1. The summed E-state index contributed by atoms with van der Waals surface area (Å²) in [6.07, 6.45) is -1.13. The fourth-order valence-corrected chi connectivity index (χ4v) is 2.33. The molecule has 1 fully saturated rings. The van der Waals surface area contributed by atoms with Crippen LogP contribution >= 0.6 is 0 Å². The van der Waals surface area contributed by atoms with Crippen LogP contribution in [0.4, 0.5) is 19.0 Å². The number of halogens is 3. The lowest BCUT2D eigenvalue weighted by Crippen LogP contribution is -2.36. The van der Waals surface area contributed by atoms with Gasteiger partial charge in [-0.1, -0.05) is 0 Å². The van der Waals surface area contributed by atoms with E-state index in [0.29, 0.717) is 16.9 Å². The Kier molecular flexibility index (Phi) is 3.23. The molecule has 0 saturated heterocycles. The number of hydrogen-bond acceptors (Lipinski definition) is 5. The van der Waals surface area contributed by atoms with Crippen molar-refractivity contribution in [1.29, 1.82) is 0 Å². The Bertz CT molecular complexity index is 661. The zero-order valence-corrected chi connectivity index (χ0v) is 11.4. The zero-order valence-electron chi connectivity index (χ0n) is 11.4. The monoisotopic (exact) mass is 300 g/mol. The van der Waals surface area contributed by atoms with E-state index in [1.165, 1.54) is 9.58 Å². The van der Waals surface area contributed by atoms with Crippen molar-refractivity contribution in [2.75, 3.05) is 12.3 Å². The maximum Gasteiger partial charge on any atom is 0.401 e. The fraction of sp³-hybridized carbons (Fsp3) is 0.583. The third-order valence-electron chi connectivity index (χ3n) is 3.46. The first-order valence-corrected chi connectivity index (χ1v) is 6.58. The van der Waals surface area contributed by atoms with Crippen LogP contribution in [0.15, 0.2) is 6.20 Å². The molecule has 9 heteroatoms. The van der Waals surface area contributed by atoms with Crippen molar-refractivity contribution in [3.8, 4) is 0 Å². The van der Waals surface area contributed by atoms with E-state index in [4.69, 9.17) is 5.73 Å². The average molecular weight is 300 g/mol. The number of fused-ring (bicyclic) bond motifs is 1. The van der Waals surface area contributed by atoms with E-state index in [1.807, 2.05) is 0 Å². The molecule has 0 aromatic carbocycles. The van der Waals surface area contributed by atoms with Gasteiger partial charge >= 0.3 is 6.18 Å². The Morgan fingerprint density at radius 3 is 2.71 bits per heavy atom. The van der Waals surface area contributed by atoms with Crippen molar-refractivity contribution in [1.82, 2.24) is 24.6 Å². The molecule has 2 aromatic heterocycles. The lowest BCUT2D eigenvalue weighted by Gasteiger charge is -2.22. The van der Waals surface area contributed by atoms with Crippen LogP contribution < -0.4 is 5.73 Å². The standard InChI is InChI=1S/C12H15F3N6/c1-20-11-8(4-17-20)10(16)18-9(19-11)5-21(7-2-3-7)6-12(13,14)15/h4,7H,2-3,5-6H2,1H3,(H2,16,18,19). The molecule has 0 unspecified atom stereocenters. The second-order valence-electron chi connectivity index (χ2n) is 5.28. The van der Waals surface area contributed by atoms with Crippen LogP contribution in [0, 0.1) is 0 Å². The molecule has 0 spiro atoms. The summed E-state index contributed by atoms with van der Waals surface area (Å²) in [5, 5.41) is 4.63. The second kappa shape index (κ2) is 4.83. The van der Waals surface area contributed by atoms with Gasteiger partial charge in [0.25, 0.3) is 0 Å². The van der Waals surface area contributed by atoms with Crippen LogP contribution in [-0.2, 0) is 13.6 Å². The van der Waals surface area contributed by atoms with Gasteiger partial charge < -0.3 is 5.73 Å². The Labute approximate surface area is 118 Å². The highest BCUT2D eigenvalue weighted by molar-refractivity contribution is 5.84. The summed E-state index contributed by atoms with van der Waals surface area (Å²) in [6, 6.07) is -0.0429. The first-order valence-electron chi connectivity index (χ1n) is 6.58. The summed E-state index contributed by atoms with van der Waals surface area (Å²) in [5.41, 5.74) is 6.35. The van der Waals surface area contributed by atoms with Crippen LogP contribution in [-0.4, -0.2) is 43.4 Å². The third-order valence-corrected chi connectivity index (χ3v) is 3.46. The Morgan fingerprint density at radius 1 is 1.38 bits per heavy atom. The van der Waals surface area contributed by atoms with Gasteiger partial charge in [0.2, 0.25) is 0 Å². The topological polar surface area (TPSA) is 72.9 Å². The number of nitrogens with two attached hydrogens (primary N) is 1. The molecule has 0 aliphatic heterocycles. The number of aryl methyl sites for hydroxylation is 1. The molecule has 0 amide bonds. The number of hydrogen-bond donors (Lipinski definition) is 1. The molecule has 0 bridgehead atoms. The van der Waals surface area contributed by atoms with Gasteiger partial charge in [0.05, 0.1) is 24.7 Å². The molecule has 21 heavy (non-hydrogen) atoms. The quantitative estimate of drug-likeness (QED) is 0.925. The summed E-state index contributed by atoms with van der Waals surface area (Å²) in [6.45, 7) is -0.917. The molecule has 1 aliphatic rings. The van der Waals surface area contributed by atoms with Gasteiger partial charge in [-0.25, -0.2) is 9.97 Å². The van der Waals surface area contributed by atoms with Gasteiger partial charge in [-0.2, -0.15) is 18.3 Å². The number of anilines is 1. The molecule has 6 nitrogen and oxygen atoms in total. The van der Waals surface area contributed by atoms with Gasteiger partial charge in [0.1, 0.15) is 11.6 Å². The minimum absolute atomic E-state index is 0.0372. The maximum atomic E-state index is 12.6. The van der Waals surface area contributed by atoms with E-state index < -0.39 is 12.7 Å². The predicted octanol–water partition coefficient (Wildman–Crippen LogP) is 1.47. The number of nitrogens with zero attached hydrogens (tertiary/aromatic N) is 5. The molecule has 2 aromatic rings. The average Bonchev–Trinajstić information content (AvgIpc) is 3.13. The van der Waals surface area contributed by atoms with E-state index in [9.17, 15) is 13.2 Å². The molecular formula is C12H15F3N6. The molecule has 0 atom stereocenters. The van der Waals surface area contributed by atoms with E-state index in [0.717, 1.165) is 12.8 Å². The Balaban J connectivity index is 1.87. The van der Waals surface area contributed by atoms with Crippen LogP contribution in [0.5, 0.6) is 0 Å². The maximum absolute atomic E-state index is 12.6. The molecule has 1 saturated carbocycles. The van der Waals surface area contributed by atoms with E-state index in [-0.39, 0.29) is 18.4 Å². The number of aromatic nitrogens is 4. The molecular weight excluding hydrogens is 285 g/mol. The Hall–Kier alpha value is -1.90. The van der Waals surface area contributed by atoms with E-state index >= 15 is 0 Å². The normalized spacial score (nSPS) is 16.0. The predicted molar refractivity (Wildman–Crippen MR) is 70.2 cm³/mol. The third kappa shape index (κ3) is 3.07. The Morgan fingerprint density at radius 2 is 2.10 bits per heavy atom. The van der Waals surface area contributed by atoms with Gasteiger partial charge in [-0.3, -0.25) is 9.58 Å². The molecule has 3 rings (SSSR count). The van der Waals surface area contributed by atoms with Crippen LogP contribution in [0.3, 0.4) is 0 Å². The number of rotatable bonds is 4. The van der Waals surface area contributed by atoms with Gasteiger partial charge in [0, 0.05) is 13.1 Å². The molecule has 0 radical (unpaired) electrons. The van der Waals surface area contributed by atoms with Crippen LogP contribution in [0.25, 0.3) is 11.0 Å². The molecule has 2 heterocycles. The minimum atomic E-state index is -4.23. The highest BCUT2D eigenvalue weighted by Crippen LogP contribution is 2.31. The summed E-state index contributed by atoms with van der Waals surface area (Å²) < 4.78 is 39.4. The van der Waals surface area contributed by atoms with E-state index in [2.05, 4.69) is 15.1 Å². The smallest absolute Gasteiger partial charge is 0.383 e. The SMILES string of the molecule is Cn1ncc2c(N)nc(CN(CC(F)(F)F)C3CC3)nc21. The summed E-state index contributed by atoms with van der Waals surface area (Å²) in [4.78, 5) is 9.73. The van der Waals surface area contributed by atoms with Gasteiger partial charge in [-0.05, 0) is 12.8 Å².